The number of nitrogens with one attached hydrogen (secondary N) is 2. The lowest BCUT2D eigenvalue weighted by Crippen LogP contribution is -2.38. The van der Waals surface area contributed by atoms with E-state index in [1.54, 1.807) is 6.07 Å². The average Bonchev–Trinajstić information content (AvgIpc) is 2.43. The number of amides is 1. The zero-order valence-corrected chi connectivity index (χ0v) is 11.8. The van der Waals surface area contributed by atoms with Crippen molar-refractivity contribution in [2.75, 3.05) is 13.1 Å². The molecule has 0 bridgehead atoms. The fraction of sp³-hybridized carbons (Fsp3) is 0.429. The van der Waals surface area contributed by atoms with Crippen LogP contribution in [0.15, 0.2) is 29.3 Å². The smallest absolute Gasteiger partial charge is 0.254 e. The average molecular weight is 280 g/mol. The number of nitrogens with zero attached hydrogens (tertiary/aromatic N) is 1. The summed E-state index contributed by atoms with van der Waals surface area (Å²) in [6.07, 6.45) is 0.945. The molecule has 4 N–H and O–H groups in total. The summed E-state index contributed by atoms with van der Waals surface area (Å²) >= 11 is 0. The van der Waals surface area contributed by atoms with Crippen LogP contribution in [0.25, 0.3) is 0 Å². The summed E-state index contributed by atoms with van der Waals surface area (Å²) in [7, 11) is 0. The normalized spacial score (nSPS) is 12.8. The number of carbonyl (C=O) groups is 1. The fourth-order valence-corrected chi connectivity index (χ4v) is 1.49. The molecule has 0 saturated heterocycles. The van der Waals surface area contributed by atoms with Gasteiger partial charge in [-0.15, -0.1) is 0 Å². The first-order chi connectivity index (χ1) is 9.54. The minimum atomic E-state index is -0.536. The van der Waals surface area contributed by atoms with Crippen LogP contribution in [0.1, 0.15) is 30.6 Å². The molecule has 0 spiro atoms. The summed E-state index contributed by atoms with van der Waals surface area (Å²) in [6, 6.07) is 6.10. The molecule has 0 aromatic heterocycles. The van der Waals surface area contributed by atoms with Crippen LogP contribution in [0.4, 0.5) is 4.39 Å². The van der Waals surface area contributed by atoms with Gasteiger partial charge in [0.15, 0.2) is 5.96 Å². The van der Waals surface area contributed by atoms with Crippen LogP contribution < -0.4 is 16.4 Å². The van der Waals surface area contributed by atoms with Gasteiger partial charge in [0.1, 0.15) is 5.82 Å². The summed E-state index contributed by atoms with van der Waals surface area (Å²) in [6.45, 7) is 4.69. The van der Waals surface area contributed by atoms with Crippen molar-refractivity contribution in [1.29, 1.82) is 0 Å². The van der Waals surface area contributed by atoms with E-state index in [0.29, 0.717) is 19.0 Å². The Morgan fingerprint density at radius 1 is 1.45 bits per heavy atom. The van der Waals surface area contributed by atoms with Gasteiger partial charge in [0.05, 0.1) is 12.1 Å². The van der Waals surface area contributed by atoms with Crippen molar-refractivity contribution in [3.8, 4) is 0 Å². The van der Waals surface area contributed by atoms with Crippen LogP contribution in [0.3, 0.4) is 0 Å². The van der Waals surface area contributed by atoms with Crippen LogP contribution >= 0.6 is 0 Å². The van der Waals surface area contributed by atoms with Crippen molar-refractivity contribution in [3.05, 3.63) is 35.6 Å². The van der Waals surface area contributed by atoms with Crippen molar-refractivity contribution in [1.82, 2.24) is 10.6 Å². The quantitative estimate of drug-likeness (QED) is 0.417. The Morgan fingerprint density at radius 3 is 2.80 bits per heavy atom. The van der Waals surface area contributed by atoms with E-state index in [9.17, 15) is 9.18 Å². The molecule has 0 aliphatic rings. The SMILES string of the molecule is CCC(C)NC(N)=NCCNC(=O)c1ccccc1F. The Kier molecular flexibility index (Phi) is 6.49. The fourth-order valence-electron chi connectivity index (χ4n) is 1.49. The summed E-state index contributed by atoms with van der Waals surface area (Å²) in [5, 5.41) is 5.61. The first-order valence-electron chi connectivity index (χ1n) is 6.63. The molecule has 0 aliphatic heterocycles. The van der Waals surface area contributed by atoms with Crippen molar-refractivity contribution >= 4 is 11.9 Å². The molecule has 5 nitrogen and oxygen atoms in total. The number of aliphatic imine (C=N–C) groups is 1. The molecule has 1 rings (SSSR count). The minimum absolute atomic E-state index is 0.0298. The summed E-state index contributed by atoms with van der Waals surface area (Å²) < 4.78 is 13.3. The van der Waals surface area contributed by atoms with Gasteiger partial charge in [-0.1, -0.05) is 19.1 Å². The first-order valence-corrected chi connectivity index (χ1v) is 6.63. The highest BCUT2D eigenvalue weighted by Gasteiger charge is 2.09. The third-order valence-corrected chi connectivity index (χ3v) is 2.80. The zero-order valence-electron chi connectivity index (χ0n) is 11.8. The van der Waals surface area contributed by atoms with Crippen molar-refractivity contribution in [2.45, 2.75) is 26.3 Å². The van der Waals surface area contributed by atoms with Crippen LogP contribution in [0.2, 0.25) is 0 Å². The molecule has 0 aliphatic carbocycles. The topological polar surface area (TPSA) is 79.5 Å². The van der Waals surface area contributed by atoms with E-state index in [1.165, 1.54) is 18.2 Å². The van der Waals surface area contributed by atoms with Gasteiger partial charge < -0.3 is 16.4 Å². The van der Waals surface area contributed by atoms with Gasteiger partial charge in [0, 0.05) is 12.6 Å². The highest BCUT2D eigenvalue weighted by molar-refractivity contribution is 5.94. The minimum Gasteiger partial charge on any atom is -0.370 e. The summed E-state index contributed by atoms with van der Waals surface area (Å²) in [5.74, 6) is -0.641. The number of hydrogen-bond donors (Lipinski definition) is 3. The maximum absolute atomic E-state index is 13.3. The molecule has 110 valence electrons. The number of carbonyl (C=O) groups excluding carboxylic acids is 1. The number of benzene rings is 1. The van der Waals surface area contributed by atoms with Gasteiger partial charge in [0.25, 0.3) is 5.91 Å². The second kappa shape index (κ2) is 8.14. The Labute approximate surface area is 118 Å². The third-order valence-electron chi connectivity index (χ3n) is 2.80. The van der Waals surface area contributed by atoms with E-state index in [4.69, 9.17) is 5.73 Å². The lowest BCUT2D eigenvalue weighted by molar-refractivity contribution is 0.0951. The number of guanidine groups is 1. The lowest BCUT2D eigenvalue weighted by Gasteiger charge is -2.11. The van der Waals surface area contributed by atoms with Crippen molar-refractivity contribution in [2.24, 2.45) is 10.7 Å². The van der Waals surface area contributed by atoms with Crippen LogP contribution in [-0.2, 0) is 0 Å². The second-order valence-corrected chi connectivity index (χ2v) is 4.46. The van der Waals surface area contributed by atoms with E-state index in [1.807, 2.05) is 13.8 Å². The van der Waals surface area contributed by atoms with E-state index >= 15 is 0 Å². The predicted molar refractivity (Wildman–Crippen MR) is 78.1 cm³/mol. The van der Waals surface area contributed by atoms with E-state index < -0.39 is 11.7 Å². The molecule has 1 atom stereocenters. The molecule has 1 unspecified atom stereocenters. The molecule has 0 saturated carbocycles. The molecule has 0 heterocycles. The number of halogens is 1. The number of nitrogens with two attached hydrogens (primary N) is 1. The molecule has 6 heteroatoms. The van der Waals surface area contributed by atoms with Gasteiger partial charge in [0.2, 0.25) is 0 Å². The maximum Gasteiger partial charge on any atom is 0.254 e. The highest BCUT2D eigenvalue weighted by Crippen LogP contribution is 2.05. The van der Waals surface area contributed by atoms with Gasteiger partial charge >= 0.3 is 0 Å². The first kappa shape index (κ1) is 15.9. The molecule has 20 heavy (non-hydrogen) atoms. The van der Waals surface area contributed by atoms with E-state index in [-0.39, 0.29) is 11.6 Å². The molecular formula is C14H21FN4O. The Morgan fingerprint density at radius 2 is 2.15 bits per heavy atom. The maximum atomic E-state index is 13.3. The number of hydrogen-bond acceptors (Lipinski definition) is 2. The van der Waals surface area contributed by atoms with Gasteiger partial charge in [-0.05, 0) is 25.5 Å². The monoisotopic (exact) mass is 280 g/mol. The molecule has 0 fully saturated rings. The predicted octanol–water partition coefficient (Wildman–Crippen LogP) is 1.26. The van der Waals surface area contributed by atoms with Crippen LogP contribution in [-0.4, -0.2) is 31.0 Å². The highest BCUT2D eigenvalue weighted by atomic mass is 19.1. The largest absolute Gasteiger partial charge is 0.370 e. The molecule has 1 aromatic rings. The van der Waals surface area contributed by atoms with E-state index in [0.717, 1.165) is 6.42 Å². The third kappa shape index (κ3) is 5.26. The zero-order chi connectivity index (χ0) is 15.0. The summed E-state index contributed by atoms with van der Waals surface area (Å²) in [4.78, 5) is 15.8. The molecular weight excluding hydrogens is 259 g/mol. The number of rotatable bonds is 6. The Bertz CT molecular complexity index is 476. The second-order valence-electron chi connectivity index (χ2n) is 4.46. The summed E-state index contributed by atoms with van der Waals surface area (Å²) in [5.41, 5.74) is 5.70. The van der Waals surface area contributed by atoms with E-state index in [2.05, 4.69) is 15.6 Å². The van der Waals surface area contributed by atoms with Gasteiger partial charge in [-0.2, -0.15) is 0 Å². The molecule has 1 aromatic carbocycles. The molecule has 1 amide bonds. The van der Waals surface area contributed by atoms with Gasteiger partial charge in [-0.25, -0.2) is 4.39 Å². The van der Waals surface area contributed by atoms with Crippen LogP contribution in [0, 0.1) is 5.82 Å². The standard InChI is InChI=1S/C14H21FN4O/c1-3-10(2)19-14(16)18-9-8-17-13(20)11-6-4-5-7-12(11)15/h4-7,10H,3,8-9H2,1-2H3,(H,17,20)(H3,16,18,19). The molecule has 0 radical (unpaired) electrons. The van der Waals surface area contributed by atoms with Crippen molar-refractivity contribution < 1.29 is 9.18 Å². The van der Waals surface area contributed by atoms with Crippen LogP contribution in [0.5, 0.6) is 0 Å². The van der Waals surface area contributed by atoms with Crippen molar-refractivity contribution in [3.63, 3.8) is 0 Å². The van der Waals surface area contributed by atoms with Gasteiger partial charge in [-0.3, -0.25) is 9.79 Å². The Hall–Kier alpha value is -2.11. The Balaban J connectivity index is 2.36. The lowest BCUT2D eigenvalue weighted by atomic mass is 10.2.